The highest BCUT2D eigenvalue weighted by Gasteiger charge is 2.50. The molecule has 0 N–H and O–H groups in total. The number of hydrogen-bond acceptors (Lipinski definition) is 3. The van der Waals surface area contributed by atoms with Gasteiger partial charge in [-0.05, 0) is 41.8 Å². The number of rotatable bonds is 4. The molecule has 0 saturated carbocycles. The lowest BCUT2D eigenvalue weighted by Gasteiger charge is -2.33. The molecule has 4 rings (SSSR count). The van der Waals surface area contributed by atoms with Crippen LogP contribution in [-0.2, 0) is 23.0 Å². The van der Waals surface area contributed by atoms with Crippen LogP contribution >= 0.6 is 11.6 Å². The second-order valence-corrected chi connectivity index (χ2v) is 9.80. The molecule has 2 aliphatic rings. The summed E-state index contributed by atoms with van der Waals surface area (Å²) in [6, 6.07) is 12.9. The molecule has 0 radical (unpaired) electrons. The van der Waals surface area contributed by atoms with Crippen LogP contribution in [-0.4, -0.2) is 49.2 Å². The maximum Gasteiger partial charge on any atom is 0.263 e. The maximum atomic E-state index is 14.2. The predicted molar refractivity (Wildman–Crippen MR) is 104 cm³/mol. The molecule has 1 atom stereocenters. The van der Waals surface area contributed by atoms with Crippen LogP contribution < -0.4 is 0 Å². The average Bonchev–Trinajstić information content (AvgIpc) is 2.97. The van der Waals surface area contributed by atoms with Crippen LogP contribution in [0.1, 0.15) is 17.5 Å². The average molecular weight is 427 g/mol. The summed E-state index contributed by atoms with van der Waals surface area (Å²) in [4.78, 5) is 2.06. The lowest BCUT2D eigenvalue weighted by Crippen LogP contribution is -2.44. The zero-order valence-electron chi connectivity index (χ0n) is 15.2. The predicted octanol–water partition coefficient (Wildman–Crippen LogP) is 3.80. The number of hydrogen-bond donors (Lipinski definition) is 0. The highest BCUT2D eigenvalue weighted by atomic mass is 35.5. The monoisotopic (exact) mass is 426 g/mol. The molecule has 0 bridgehead atoms. The quantitative estimate of drug-likeness (QED) is 0.746. The first-order valence-corrected chi connectivity index (χ1v) is 11.0. The van der Waals surface area contributed by atoms with Gasteiger partial charge in [0, 0.05) is 37.1 Å². The molecule has 8 heteroatoms. The van der Waals surface area contributed by atoms with Crippen LogP contribution in [0.4, 0.5) is 8.78 Å². The topological polar surface area (TPSA) is 40.6 Å². The van der Waals surface area contributed by atoms with Crippen LogP contribution in [0.25, 0.3) is 0 Å². The van der Waals surface area contributed by atoms with Gasteiger partial charge in [0.05, 0.1) is 11.4 Å². The van der Waals surface area contributed by atoms with E-state index in [-0.39, 0.29) is 11.4 Å². The van der Waals surface area contributed by atoms with E-state index in [0.29, 0.717) is 11.6 Å². The van der Waals surface area contributed by atoms with Gasteiger partial charge in [0.1, 0.15) is 0 Å². The van der Waals surface area contributed by atoms with Crippen molar-refractivity contribution in [3.63, 3.8) is 0 Å². The van der Waals surface area contributed by atoms with E-state index in [1.54, 1.807) is 0 Å². The summed E-state index contributed by atoms with van der Waals surface area (Å²) in [6.45, 7) is 0.880. The van der Waals surface area contributed by atoms with Crippen molar-refractivity contribution in [1.29, 1.82) is 0 Å². The van der Waals surface area contributed by atoms with Gasteiger partial charge in [-0.15, -0.1) is 0 Å². The number of sulfonamides is 1. The fourth-order valence-corrected chi connectivity index (χ4v) is 5.82. The fraction of sp³-hybridized carbons (Fsp3) is 0.400. The van der Waals surface area contributed by atoms with E-state index in [1.807, 2.05) is 18.2 Å². The van der Waals surface area contributed by atoms with Gasteiger partial charge >= 0.3 is 0 Å². The van der Waals surface area contributed by atoms with Crippen LogP contribution in [0.3, 0.4) is 0 Å². The molecule has 0 spiro atoms. The summed E-state index contributed by atoms with van der Waals surface area (Å²) in [5, 5.41) is 0.397. The molecule has 2 heterocycles. The van der Waals surface area contributed by atoms with E-state index in [0.717, 1.165) is 17.3 Å². The molecule has 4 nitrogen and oxygen atoms in total. The molecular formula is C20H21ClF2N2O2S. The van der Waals surface area contributed by atoms with E-state index in [4.69, 9.17) is 11.6 Å². The fourth-order valence-electron chi connectivity index (χ4n) is 4.06. The van der Waals surface area contributed by atoms with Gasteiger partial charge in [-0.1, -0.05) is 35.9 Å². The normalized spacial score (nSPS) is 22.9. The van der Waals surface area contributed by atoms with Crippen LogP contribution in [0.2, 0.25) is 5.02 Å². The van der Waals surface area contributed by atoms with E-state index in [2.05, 4.69) is 11.0 Å². The molecule has 1 fully saturated rings. The zero-order chi connectivity index (χ0) is 19.9. The standard InChI is InChI=1S/C20H21ClF2N2O2S/c21-17-5-7-19(8-6-17)28(26,27)25-14-20(22,23)11-18(25)13-24-10-9-15-3-1-2-4-16(15)12-24/h1-8,18H,9-14H2/t18-/m0/s1. The van der Waals surface area contributed by atoms with Crippen LogP contribution in [0, 0.1) is 0 Å². The SMILES string of the molecule is O=S(=O)(c1ccc(Cl)cc1)N1CC(F)(F)C[C@H]1CN1CCc2ccccc2C1. The Balaban J connectivity index is 1.56. The van der Waals surface area contributed by atoms with E-state index in [9.17, 15) is 17.2 Å². The summed E-state index contributed by atoms with van der Waals surface area (Å²) in [6.07, 6.45) is 0.376. The number of benzene rings is 2. The Labute approximate surface area is 168 Å². The van der Waals surface area contributed by atoms with Crippen molar-refractivity contribution in [3.05, 3.63) is 64.7 Å². The minimum absolute atomic E-state index is 0.0106. The molecule has 28 heavy (non-hydrogen) atoms. The van der Waals surface area contributed by atoms with Crippen molar-refractivity contribution >= 4 is 21.6 Å². The zero-order valence-corrected chi connectivity index (χ0v) is 16.8. The Hall–Kier alpha value is -1.54. The Bertz CT molecular complexity index is 966. The summed E-state index contributed by atoms with van der Waals surface area (Å²) >= 11 is 5.83. The lowest BCUT2D eigenvalue weighted by atomic mass is 9.99. The Morgan fingerprint density at radius 2 is 1.75 bits per heavy atom. The third kappa shape index (κ3) is 3.94. The molecule has 0 aromatic heterocycles. The summed E-state index contributed by atoms with van der Waals surface area (Å²) in [5.41, 5.74) is 2.44. The lowest BCUT2D eigenvalue weighted by molar-refractivity contribution is 0.0165. The van der Waals surface area contributed by atoms with Crippen molar-refractivity contribution in [3.8, 4) is 0 Å². The Morgan fingerprint density at radius 3 is 2.46 bits per heavy atom. The third-order valence-electron chi connectivity index (χ3n) is 5.43. The maximum absolute atomic E-state index is 14.2. The first-order valence-electron chi connectivity index (χ1n) is 9.19. The molecule has 1 saturated heterocycles. The Morgan fingerprint density at radius 1 is 1.07 bits per heavy atom. The minimum Gasteiger partial charge on any atom is -0.297 e. The smallest absolute Gasteiger partial charge is 0.263 e. The molecule has 2 aromatic carbocycles. The van der Waals surface area contributed by atoms with E-state index >= 15 is 0 Å². The first kappa shape index (κ1) is 19.8. The van der Waals surface area contributed by atoms with Crippen molar-refractivity contribution in [2.45, 2.75) is 36.2 Å². The van der Waals surface area contributed by atoms with Gasteiger partial charge in [-0.2, -0.15) is 4.31 Å². The number of halogens is 3. The van der Waals surface area contributed by atoms with E-state index in [1.165, 1.54) is 35.4 Å². The van der Waals surface area contributed by atoms with Gasteiger partial charge in [-0.25, -0.2) is 17.2 Å². The highest BCUT2D eigenvalue weighted by molar-refractivity contribution is 7.89. The second-order valence-electron chi connectivity index (χ2n) is 7.47. The molecule has 2 aliphatic heterocycles. The van der Waals surface area contributed by atoms with Gasteiger partial charge in [-0.3, -0.25) is 4.90 Å². The molecule has 0 unspecified atom stereocenters. The minimum atomic E-state index is -4.02. The van der Waals surface area contributed by atoms with Crippen molar-refractivity contribution in [2.24, 2.45) is 0 Å². The van der Waals surface area contributed by atoms with Gasteiger partial charge in [0.2, 0.25) is 10.0 Å². The summed E-state index contributed by atoms with van der Waals surface area (Å²) in [5.74, 6) is -3.03. The Kier molecular flexibility index (Phi) is 5.20. The summed E-state index contributed by atoms with van der Waals surface area (Å²) in [7, 11) is -4.02. The van der Waals surface area contributed by atoms with Crippen molar-refractivity contribution in [2.75, 3.05) is 19.6 Å². The van der Waals surface area contributed by atoms with Gasteiger partial charge in [0.25, 0.3) is 5.92 Å². The largest absolute Gasteiger partial charge is 0.297 e. The number of nitrogens with zero attached hydrogens (tertiary/aromatic N) is 2. The molecule has 0 amide bonds. The highest BCUT2D eigenvalue weighted by Crippen LogP contribution is 2.37. The van der Waals surface area contributed by atoms with Gasteiger partial charge in [0.15, 0.2) is 0 Å². The van der Waals surface area contributed by atoms with Crippen molar-refractivity contribution < 1.29 is 17.2 Å². The first-order chi connectivity index (χ1) is 13.2. The third-order valence-corrected chi connectivity index (χ3v) is 7.59. The number of alkyl halides is 2. The second kappa shape index (κ2) is 7.37. The van der Waals surface area contributed by atoms with Gasteiger partial charge < -0.3 is 0 Å². The number of fused-ring (bicyclic) bond motifs is 1. The van der Waals surface area contributed by atoms with Crippen molar-refractivity contribution in [1.82, 2.24) is 9.21 Å². The molecular weight excluding hydrogens is 406 g/mol. The molecule has 2 aromatic rings. The van der Waals surface area contributed by atoms with E-state index < -0.39 is 35.0 Å². The molecule has 0 aliphatic carbocycles. The summed E-state index contributed by atoms with van der Waals surface area (Å²) < 4.78 is 55.4. The van der Waals surface area contributed by atoms with Crippen LogP contribution in [0.15, 0.2) is 53.4 Å². The van der Waals surface area contributed by atoms with Crippen LogP contribution in [0.5, 0.6) is 0 Å². The molecule has 150 valence electrons.